The third-order valence-electron chi connectivity index (χ3n) is 4.08. The smallest absolute Gasteiger partial charge is 0.269 e. The Morgan fingerprint density at radius 2 is 1.60 bits per heavy atom. The van der Waals surface area contributed by atoms with Crippen LogP contribution < -0.4 is 5.73 Å². The van der Waals surface area contributed by atoms with Crippen LogP contribution in [0.2, 0.25) is 0 Å². The zero-order valence-corrected chi connectivity index (χ0v) is 14.0. The van der Waals surface area contributed by atoms with Gasteiger partial charge in [0, 0.05) is 23.5 Å². The Morgan fingerprint density at radius 1 is 0.880 bits per heavy atom. The summed E-state index contributed by atoms with van der Waals surface area (Å²) in [5, 5.41) is 0.770. The first kappa shape index (κ1) is 15.4. The van der Waals surface area contributed by atoms with Gasteiger partial charge in [-0.25, -0.2) is 17.4 Å². The first-order valence-electron chi connectivity index (χ1n) is 7.70. The molecule has 2 aromatic heterocycles. The van der Waals surface area contributed by atoms with Crippen LogP contribution in [0, 0.1) is 0 Å². The molecule has 4 rings (SSSR count). The number of fused-ring (bicyclic) bond motifs is 1. The van der Waals surface area contributed by atoms with E-state index < -0.39 is 10.0 Å². The molecular formula is C19H15N3O2S. The van der Waals surface area contributed by atoms with E-state index in [9.17, 15) is 8.42 Å². The van der Waals surface area contributed by atoms with Crippen LogP contribution in [-0.2, 0) is 10.0 Å². The summed E-state index contributed by atoms with van der Waals surface area (Å²) < 4.78 is 27.0. The van der Waals surface area contributed by atoms with Gasteiger partial charge in [-0.3, -0.25) is 0 Å². The minimum Gasteiger partial charge on any atom is -0.399 e. The molecule has 25 heavy (non-hydrogen) atoms. The number of benzene rings is 2. The second kappa shape index (κ2) is 5.75. The van der Waals surface area contributed by atoms with E-state index in [0.29, 0.717) is 11.3 Å². The number of nitrogens with zero attached hydrogens (tertiary/aromatic N) is 2. The Balaban J connectivity index is 1.92. The summed E-state index contributed by atoms with van der Waals surface area (Å²) in [4.78, 5) is 4.52. The Hall–Kier alpha value is -3.12. The van der Waals surface area contributed by atoms with Crippen molar-refractivity contribution in [3.63, 3.8) is 0 Å². The molecule has 0 unspecified atom stereocenters. The molecule has 6 heteroatoms. The van der Waals surface area contributed by atoms with E-state index in [1.807, 2.05) is 30.3 Å². The topological polar surface area (TPSA) is 78.0 Å². The van der Waals surface area contributed by atoms with Gasteiger partial charge in [0.05, 0.1) is 4.90 Å². The van der Waals surface area contributed by atoms with E-state index in [2.05, 4.69) is 4.98 Å². The molecule has 0 atom stereocenters. The minimum atomic E-state index is -3.69. The number of rotatable bonds is 3. The Morgan fingerprint density at radius 3 is 2.32 bits per heavy atom. The molecule has 0 aliphatic carbocycles. The van der Waals surface area contributed by atoms with Gasteiger partial charge in [0.1, 0.15) is 0 Å². The molecule has 4 aromatic rings. The van der Waals surface area contributed by atoms with Crippen LogP contribution in [0.15, 0.2) is 84.0 Å². The summed E-state index contributed by atoms with van der Waals surface area (Å²) in [5.41, 5.74) is 8.69. The largest absolute Gasteiger partial charge is 0.399 e. The van der Waals surface area contributed by atoms with Crippen LogP contribution in [0.5, 0.6) is 0 Å². The quantitative estimate of drug-likeness (QED) is 0.574. The molecule has 2 N–H and O–H groups in total. The number of nitrogen functional groups attached to an aromatic ring is 1. The highest BCUT2D eigenvalue weighted by molar-refractivity contribution is 7.90. The fraction of sp³-hybridized carbons (Fsp3) is 0. The predicted octanol–water partition coefficient (Wildman–Crippen LogP) is 3.52. The Kier molecular flexibility index (Phi) is 3.54. The average molecular weight is 349 g/mol. The molecule has 124 valence electrons. The van der Waals surface area contributed by atoms with Crippen molar-refractivity contribution in [1.82, 2.24) is 8.96 Å². The van der Waals surface area contributed by atoms with Crippen LogP contribution in [0.1, 0.15) is 0 Å². The molecule has 5 nitrogen and oxygen atoms in total. The molecule has 0 amide bonds. The van der Waals surface area contributed by atoms with Gasteiger partial charge in [-0.1, -0.05) is 30.3 Å². The van der Waals surface area contributed by atoms with Gasteiger partial charge >= 0.3 is 0 Å². The average Bonchev–Trinajstić information content (AvgIpc) is 3.08. The van der Waals surface area contributed by atoms with Crippen molar-refractivity contribution in [2.75, 3.05) is 5.73 Å². The molecule has 0 fully saturated rings. The van der Waals surface area contributed by atoms with Gasteiger partial charge < -0.3 is 5.73 Å². The van der Waals surface area contributed by atoms with Crippen molar-refractivity contribution in [3.8, 4) is 11.1 Å². The molecule has 0 aliphatic heterocycles. The monoisotopic (exact) mass is 349 g/mol. The first-order valence-corrected chi connectivity index (χ1v) is 9.14. The highest BCUT2D eigenvalue weighted by atomic mass is 32.2. The van der Waals surface area contributed by atoms with Crippen LogP contribution >= 0.6 is 0 Å². The maximum atomic E-state index is 12.9. The van der Waals surface area contributed by atoms with E-state index in [-0.39, 0.29) is 4.90 Å². The van der Waals surface area contributed by atoms with E-state index in [1.165, 1.54) is 3.97 Å². The lowest BCUT2D eigenvalue weighted by atomic mass is 10.0. The zero-order chi connectivity index (χ0) is 17.4. The standard InChI is InChI=1S/C19H15N3O2S/c20-15-8-6-14(7-9-15)17-10-12-21-19-18(17)11-13-22(19)25(23,24)16-4-2-1-3-5-16/h1-13H,20H2. The summed E-state index contributed by atoms with van der Waals surface area (Å²) in [5.74, 6) is 0. The van der Waals surface area contributed by atoms with Crippen molar-refractivity contribution in [3.05, 3.63) is 79.1 Å². The van der Waals surface area contributed by atoms with Crippen LogP contribution in [0.25, 0.3) is 22.2 Å². The summed E-state index contributed by atoms with van der Waals surface area (Å²) in [6.45, 7) is 0. The number of hydrogen-bond acceptors (Lipinski definition) is 4. The summed E-state index contributed by atoms with van der Waals surface area (Å²) in [7, 11) is -3.69. The second-order valence-electron chi connectivity index (χ2n) is 5.65. The molecule has 0 saturated heterocycles. The highest BCUT2D eigenvalue weighted by Gasteiger charge is 2.20. The molecule has 0 radical (unpaired) electrons. The number of hydrogen-bond donors (Lipinski definition) is 1. The van der Waals surface area contributed by atoms with E-state index >= 15 is 0 Å². The number of pyridine rings is 1. The Bertz CT molecular complexity index is 1150. The van der Waals surface area contributed by atoms with E-state index in [1.54, 1.807) is 48.8 Å². The predicted molar refractivity (Wildman–Crippen MR) is 98.6 cm³/mol. The summed E-state index contributed by atoms with van der Waals surface area (Å²) in [6, 6.07) is 19.4. The maximum Gasteiger partial charge on any atom is 0.269 e. The van der Waals surface area contributed by atoms with Gasteiger partial charge in [0.25, 0.3) is 10.0 Å². The number of nitrogens with two attached hydrogens (primary N) is 1. The molecule has 2 aromatic carbocycles. The summed E-state index contributed by atoms with van der Waals surface area (Å²) >= 11 is 0. The molecule has 2 heterocycles. The van der Waals surface area contributed by atoms with Crippen molar-refractivity contribution in [2.24, 2.45) is 0 Å². The lowest BCUT2D eigenvalue weighted by Crippen LogP contribution is -2.12. The third-order valence-corrected chi connectivity index (χ3v) is 5.76. The first-order chi connectivity index (χ1) is 12.1. The normalized spacial score (nSPS) is 11.7. The van der Waals surface area contributed by atoms with Gasteiger partial charge in [0.2, 0.25) is 0 Å². The SMILES string of the molecule is Nc1ccc(-c2ccnc3c2ccn3S(=O)(=O)c2ccccc2)cc1. The van der Waals surface area contributed by atoms with Gasteiger partial charge in [0.15, 0.2) is 5.65 Å². The summed E-state index contributed by atoms with van der Waals surface area (Å²) in [6.07, 6.45) is 3.16. The van der Waals surface area contributed by atoms with Crippen molar-refractivity contribution in [1.29, 1.82) is 0 Å². The zero-order valence-electron chi connectivity index (χ0n) is 13.2. The molecule has 0 spiro atoms. The van der Waals surface area contributed by atoms with Crippen molar-refractivity contribution in [2.45, 2.75) is 4.90 Å². The van der Waals surface area contributed by atoms with Crippen molar-refractivity contribution >= 4 is 26.7 Å². The molecule has 0 saturated carbocycles. The van der Waals surface area contributed by atoms with Crippen LogP contribution in [-0.4, -0.2) is 17.4 Å². The fourth-order valence-corrected chi connectivity index (χ4v) is 4.15. The van der Waals surface area contributed by atoms with Gasteiger partial charge in [-0.15, -0.1) is 0 Å². The van der Waals surface area contributed by atoms with E-state index in [4.69, 9.17) is 5.73 Å². The van der Waals surface area contributed by atoms with Gasteiger partial charge in [-0.05, 0) is 47.5 Å². The number of aromatic nitrogens is 2. The Labute approximate surface area is 145 Å². The van der Waals surface area contributed by atoms with Crippen LogP contribution in [0.4, 0.5) is 5.69 Å². The minimum absolute atomic E-state index is 0.229. The van der Waals surface area contributed by atoms with Gasteiger partial charge in [-0.2, -0.15) is 0 Å². The van der Waals surface area contributed by atoms with Crippen LogP contribution in [0.3, 0.4) is 0 Å². The fourth-order valence-electron chi connectivity index (χ4n) is 2.83. The maximum absolute atomic E-state index is 12.9. The molecule has 0 aliphatic rings. The van der Waals surface area contributed by atoms with E-state index in [0.717, 1.165) is 16.5 Å². The lowest BCUT2D eigenvalue weighted by Gasteiger charge is -2.08. The highest BCUT2D eigenvalue weighted by Crippen LogP contribution is 2.30. The molecular weight excluding hydrogens is 334 g/mol. The van der Waals surface area contributed by atoms with Crippen molar-refractivity contribution < 1.29 is 8.42 Å². The second-order valence-corrected chi connectivity index (χ2v) is 7.46. The lowest BCUT2D eigenvalue weighted by molar-refractivity contribution is 0.589. The number of anilines is 1. The third kappa shape index (κ3) is 2.56. The molecule has 0 bridgehead atoms.